The van der Waals surface area contributed by atoms with Gasteiger partial charge in [-0.1, -0.05) is 12.1 Å². The minimum Gasteiger partial charge on any atom is -0.493 e. The molecule has 2 aromatic rings. The van der Waals surface area contributed by atoms with E-state index in [1.165, 1.54) is 12.0 Å². The van der Waals surface area contributed by atoms with Gasteiger partial charge in [0.25, 0.3) is 0 Å². The van der Waals surface area contributed by atoms with Gasteiger partial charge in [0.1, 0.15) is 0 Å². The molecule has 0 aliphatic carbocycles. The number of aliphatic imine (C=N–C) groups is 1. The van der Waals surface area contributed by atoms with E-state index < -0.39 is 6.61 Å². The Balaban J connectivity index is 0.00000338. The molecule has 2 N–H and O–H groups in total. The van der Waals surface area contributed by atoms with Crippen LogP contribution in [0.5, 0.6) is 11.5 Å². The molecule has 0 aliphatic heterocycles. The molecule has 26 heavy (non-hydrogen) atoms. The van der Waals surface area contributed by atoms with Crippen molar-refractivity contribution in [1.29, 1.82) is 0 Å². The summed E-state index contributed by atoms with van der Waals surface area (Å²) in [6.45, 7) is -1.58. The Bertz CT molecular complexity index is 685. The summed E-state index contributed by atoms with van der Waals surface area (Å²) in [6.07, 6.45) is 0.628. The number of halogens is 3. The summed E-state index contributed by atoms with van der Waals surface area (Å²) in [5, 5.41) is 8.44. The average Bonchev–Trinajstić information content (AvgIpc) is 3.11. The first-order valence-electron chi connectivity index (χ1n) is 7.71. The quantitative estimate of drug-likeness (QED) is 0.330. The third kappa shape index (κ3) is 7.32. The number of alkyl halides is 2. The second kappa shape index (κ2) is 11.9. The first-order chi connectivity index (χ1) is 12.1. The lowest BCUT2D eigenvalue weighted by atomic mass is 10.1. The monoisotopic (exact) mass is 497 g/mol. The first-order valence-corrected chi connectivity index (χ1v) is 8.59. The summed E-state index contributed by atoms with van der Waals surface area (Å²) < 4.78 is 34.4. The summed E-state index contributed by atoms with van der Waals surface area (Å²) in [4.78, 5) is 5.37. The number of hydrogen-bond donors (Lipinski definition) is 2. The number of thiophene rings is 1. The summed E-state index contributed by atoms with van der Waals surface area (Å²) in [5.74, 6) is 1.01. The molecular weight excluding hydrogens is 475 g/mol. The molecule has 0 bridgehead atoms. The Hall–Kier alpha value is -1.62. The molecule has 0 atom stereocenters. The van der Waals surface area contributed by atoms with Crippen molar-refractivity contribution in [2.45, 2.75) is 19.6 Å². The van der Waals surface area contributed by atoms with E-state index in [1.807, 2.05) is 23.6 Å². The standard InChI is InChI=1S/C17H21F2N3O2S.HI/c1-20-17(22-11-13-4-3-9-25-13)21-8-7-12-5-6-14(23-2)15(10-12)24-16(18)19;/h3-6,9-10,16H,7-8,11H2,1-2H3,(H2,20,21,22);1H. The van der Waals surface area contributed by atoms with E-state index >= 15 is 0 Å². The van der Waals surface area contributed by atoms with Crippen molar-refractivity contribution in [3.63, 3.8) is 0 Å². The molecule has 0 saturated heterocycles. The highest BCUT2D eigenvalue weighted by Gasteiger charge is 2.11. The molecule has 1 aromatic heterocycles. The second-order valence-electron chi connectivity index (χ2n) is 5.05. The lowest BCUT2D eigenvalue weighted by Crippen LogP contribution is -2.37. The van der Waals surface area contributed by atoms with Gasteiger partial charge >= 0.3 is 6.61 Å². The normalized spacial score (nSPS) is 11.0. The maximum Gasteiger partial charge on any atom is 0.387 e. The van der Waals surface area contributed by atoms with Crippen LogP contribution in [0.2, 0.25) is 0 Å². The molecule has 0 saturated carbocycles. The molecule has 0 fully saturated rings. The lowest BCUT2D eigenvalue weighted by Gasteiger charge is -2.13. The van der Waals surface area contributed by atoms with Gasteiger partial charge in [-0.2, -0.15) is 8.78 Å². The van der Waals surface area contributed by atoms with Crippen molar-refractivity contribution in [2.24, 2.45) is 4.99 Å². The fourth-order valence-electron chi connectivity index (χ4n) is 2.19. The van der Waals surface area contributed by atoms with Crippen molar-refractivity contribution in [3.05, 3.63) is 46.2 Å². The topological polar surface area (TPSA) is 54.9 Å². The predicted molar refractivity (Wildman–Crippen MR) is 111 cm³/mol. The molecular formula is C17H22F2IN3O2S. The minimum atomic E-state index is -2.89. The third-order valence-corrected chi connectivity index (χ3v) is 4.26. The highest BCUT2D eigenvalue weighted by molar-refractivity contribution is 14.0. The van der Waals surface area contributed by atoms with Gasteiger partial charge in [0.15, 0.2) is 17.5 Å². The molecule has 9 heteroatoms. The largest absolute Gasteiger partial charge is 0.493 e. The summed E-state index contributed by atoms with van der Waals surface area (Å²) in [6, 6.07) is 9.06. The third-order valence-electron chi connectivity index (χ3n) is 3.38. The molecule has 2 rings (SSSR count). The van der Waals surface area contributed by atoms with E-state index in [2.05, 4.69) is 20.4 Å². The predicted octanol–water partition coefficient (Wildman–Crippen LogP) is 3.88. The zero-order valence-corrected chi connectivity index (χ0v) is 17.6. The smallest absolute Gasteiger partial charge is 0.387 e. The Morgan fingerprint density at radius 3 is 2.65 bits per heavy atom. The molecule has 1 aromatic carbocycles. The van der Waals surface area contributed by atoms with Gasteiger partial charge in [0.2, 0.25) is 0 Å². The van der Waals surface area contributed by atoms with Gasteiger partial charge in [-0.25, -0.2) is 0 Å². The van der Waals surface area contributed by atoms with Crippen LogP contribution in [0.4, 0.5) is 8.78 Å². The molecule has 0 spiro atoms. The van der Waals surface area contributed by atoms with Crippen LogP contribution in [0.1, 0.15) is 10.4 Å². The highest BCUT2D eigenvalue weighted by Crippen LogP contribution is 2.29. The van der Waals surface area contributed by atoms with Crippen LogP contribution in [-0.2, 0) is 13.0 Å². The van der Waals surface area contributed by atoms with E-state index in [1.54, 1.807) is 30.5 Å². The van der Waals surface area contributed by atoms with E-state index in [-0.39, 0.29) is 35.5 Å². The van der Waals surface area contributed by atoms with Crippen LogP contribution < -0.4 is 20.1 Å². The zero-order valence-electron chi connectivity index (χ0n) is 14.5. The van der Waals surface area contributed by atoms with Gasteiger partial charge in [0, 0.05) is 18.5 Å². The maximum atomic E-state index is 12.5. The molecule has 0 aliphatic rings. The Morgan fingerprint density at radius 2 is 2.04 bits per heavy atom. The van der Waals surface area contributed by atoms with E-state index in [0.29, 0.717) is 25.5 Å². The zero-order chi connectivity index (χ0) is 18.1. The number of methoxy groups -OCH3 is 1. The van der Waals surface area contributed by atoms with Crippen molar-refractivity contribution in [1.82, 2.24) is 10.6 Å². The molecule has 0 unspecified atom stereocenters. The lowest BCUT2D eigenvalue weighted by molar-refractivity contribution is -0.0512. The minimum absolute atomic E-state index is 0. The van der Waals surface area contributed by atoms with Crippen molar-refractivity contribution in [3.8, 4) is 11.5 Å². The summed E-state index contributed by atoms with van der Waals surface area (Å²) >= 11 is 1.67. The Morgan fingerprint density at radius 1 is 1.23 bits per heavy atom. The molecule has 5 nitrogen and oxygen atoms in total. The second-order valence-corrected chi connectivity index (χ2v) is 6.08. The number of nitrogens with one attached hydrogen (secondary N) is 2. The van der Waals surface area contributed by atoms with Gasteiger partial charge in [-0.15, -0.1) is 35.3 Å². The van der Waals surface area contributed by atoms with Crippen LogP contribution >= 0.6 is 35.3 Å². The van der Waals surface area contributed by atoms with Crippen LogP contribution in [-0.4, -0.2) is 33.3 Å². The SMILES string of the molecule is CN=C(NCCc1ccc(OC)c(OC(F)F)c1)NCc1cccs1.I. The van der Waals surface area contributed by atoms with Crippen molar-refractivity contribution in [2.75, 3.05) is 20.7 Å². The fourth-order valence-corrected chi connectivity index (χ4v) is 2.84. The highest BCUT2D eigenvalue weighted by atomic mass is 127. The van der Waals surface area contributed by atoms with Crippen LogP contribution in [0, 0.1) is 0 Å². The summed E-state index contributed by atoms with van der Waals surface area (Å²) in [5.41, 5.74) is 0.859. The van der Waals surface area contributed by atoms with Crippen LogP contribution in [0.25, 0.3) is 0 Å². The fraction of sp³-hybridized carbons (Fsp3) is 0.353. The molecule has 0 radical (unpaired) electrons. The number of guanidine groups is 1. The number of ether oxygens (including phenoxy) is 2. The maximum absolute atomic E-state index is 12.5. The number of hydrogen-bond acceptors (Lipinski definition) is 4. The van der Waals surface area contributed by atoms with Gasteiger partial charge in [-0.05, 0) is 35.6 Å². The van der Waals surface area contributed by atoms with Gasteiger partial charge < -0.3 is 20.1 Å². The number of rotatable bonds is 8. The van der Waals surface area contributed by atoms with Crippen LogP contribution in [0.3, 0.4) is 0 Å². The van der Waals surface area contributed by atoms with Crippen LogP contribution in [0.15, 0.2) is 40.7 Å². The van der Waals surface area contributed by atoms with Crippen molar-refractivity contribution < 1.29 is 18.3 Å². The van der Waals surface area contributed by atoms with Gasteiger partial charge in [0.05, 0.1) is 13.7 Å². The molecule has 1 heterocycles. The summed E-state index contributed by atoms with van der Waals surface area (Å²) in [7, 11) is 3.11. The Labute approximate surface area is 172 Å². The van der Waals surface area contributed by atoms with Gasteiger partial charge in [-0.3, -0.25) is 4.99 Å². The number of benzene rings is 1. The van der Waals surface area contributed by atoms with E-state index in [4.69, 9.17) is 4.74 Å². The number of nitrogens with zero attached hydrogens (tertiary/aromatic N) is 1. The van der Waals surface area contributed by atoms with E-state index in [0.717, 1.165) is 5.56 Å². The Kier molecular flexibility index (Phi) is 10.3. The van der Waals surface area contributed by atoms with Crippen molar-refractivity contribution >= 4 is 41.3 Å². The first kappa shape index (κ1) is 22.4. The van der Waals surface area contributed by atoms with E-state index in [9.17, 15) is 8.78 Å². The molecule has 144 valence electrons. The molecule has 0 amide bonds. The average molecular weight is 497 g/mol.